The van der Waals surface area contributed by atoms with Crippen molar-refractivity contribution in [2.75, 3.05) is 11.9 Å². The van der Waals surface area contributed by atoms with Crippen LogP contribution >= 0.6 is 11.3 Å². The molecule has 1 saturated heterocycles. The molecule has 0 bridgehead atoms. The number of carbonyl (C=O) groups excluding carboxylic acids is 1. The molecule has 10 heteroatoms. The van der Waals surface area contributed by atoms with Gasteiger partial charge in [-0.3, -0.25) is 4.79 Å². The van der Waals surface area contributed by atoms with Crippen LogP contribution in [0, 0.1) is 12.7 Å². The predicted octanol–water partition coefficient (Wildman–Crippen LogP) is 3.76. The van der Waals surface area contributed by atoms with E-state index in [4.69, 9.17) is 0 Å². The number of anilines is 1. The van der Waals surface area contributed by atoms with E-state index >= 15 is 0 Å². The molecule has 0 radical (unpaired) electrons. The first kappa shape index (κ1) is 20.6. The second-order valence-electron chi connectivity index (χ2n) is 6.99. The van der Waals surface area contributed by atoms with Crippen molar-refractivity contribution in [3.8, 4) is 0 Å². The van der Waals surface area contributed by atoms with Crippen molar-refractivity contribution < 1.29 is 17.6 Å². The van der Waals surface area contributed by atoms with Crippen LogP contribution in [0.3, 0.4) is 0 Å². The Morgan fingerprint density at radius 1 is 1.13 bits per heavy atom. The van der Waals surface area contributed by atoms with Gasteiger partial charge in [-0.2, -0.15) is 4.31 Å². The van der Waals surface area contributed by atoms with E-state index in [1.54, 1.807) is 12.1 Å². The molecule has 0 saturated carbocycles. The maximum atomic E-state index is 13.2. The van der Waals surface area contributed by atoms with E-state index in [2.05, 4.69) is 15.5 Å². The summed E-state index contributed by atoms with van der Waals surface area (Å²) in [7, 11) is -3.81. The van der Waals surface area contributed by atoms with E-state index < -0.39 is 27.8 Å². The summed E-state index contributed by atoms with van der Waals surface area (Å²) in [5.74, 6) is -0.895. The zero-order valence-corrected chi connectivity index (χ0v) is 17.7. The van der Waals surface area contributed by atoms with Gasteiger partial charge in [0.1, 0.15) is 10.8 Å². The van der Waals surface area contributed by atoms with Crippen LogP contribution in [0.1, 0.15) is 39.3 Å². The summed E-state index contributed by atoms with van der Waals surface area (Å²) < 4.78 is 40.6. The van der Waals surface area contributed by atoms with Gasteiger partial charge >= 0.3 is 0 Å². The molecule has 3 aromatic rings. The molecule has 2 heterocycles. The number of sulfonamides is 1. The van der Waals surface area contributed by atoms with Gasteiger partial charge in [-0.15, -0.1) is 10.2 Å². The SMILES string of the molecule is Cc1ccc(NC(=O)c2nnc(C3CCCN3S(=O)(=O)c3ccc(F)cc3)s2)cc1. The summed E-state index contributed by atoms with van der Waals surface area (Å²) in [6.07, 6.45) is 1.24. The van der Waals surface area contributed by atoms with Crippen molar-refractivity contribution in [3.05, 3.63) is 69.9 Å². The number of amides is 1. The van der Waals surface area contributed by atoms with Crippen molar-refractivity contribution in [1.82, 2.24) is 14.5 Å². The molecule has 1 aromatic heterocycles. The van der Waals surface area contributed by atoms with Gasteiger partial charge in [-0.05, 0) is 56.2 Å². The summed E-state index contributed by atoms with van der Waals surface area (Å²) in [4.78, 5) is 12.5. The molecule has 1 aliphatic heterocycles. The van der Waals surface area contributed by atoms with Crippen molar-refractivity contribution in [2.45, 2.75) is 30.7 Å². The number of carbonyl (C=O) groups is 1. The molecule has 0 aliphatic carbocycles. The van der Waals surface area contributed by atoms with Crippen LogP contribution in [0.5, 0.6) is 0 Å². The Bertz CT molecular complexity index is 1160. The third-order valence-corrected chi connectivity index (χ3v) is 7.80. The van der Waals surface area contributed by atoms with Gasteiger partial charge in [0.25, 0.3) is 5.91 Å². The molecule has 7 nitrogen and oxygen atoms in total. The molecule has 0 spiro atoms. The lowest BCUT2D eigenvalue weighted by atomic mass is 10.2. The topological polar surface area (TPSA) is 92.3 Å². The van der Waals surface area contributed by atoms with E-state index in [-0.39, 0.29) is 9.90 Å². The summed E-state index contributed by atoms with van der Waals surface area (Å²) in [6, 6.07) is 11.6. The van der Waals surface area contributed by atoms with Crippen molar-refractivity contribution in [3.63, 3.8) is 0 Å². The van der Waals surface area contributed by atoms with E-state index in [1.165, 1.54) is 16.4 Å². The Balaban J connectivity index is 1.54. The normalized spacial score (nSPS) is 17.2. The second kappa shape index (κ2) is 8.21. The summed E-state index contributed by atoms with van der Waals surface area (Å²) in [6.45, 7) is 2.28. The fourth-order valence-electron chi connectivity index (χ4n) is 3.30. The fourth-order valence-corrected chi connectivity index (χ4v) is 5.91. The van der Waals surface area contributed by atoms with Gasteiger partial charge in [0.05, 0.1) is 10.9 Å². The Hall–Kier alpha value is -2.69. The van der Waals surface area contributed by atoms with Crippen LogP contribution in [0.4, 0.5) is 10.1 Å². The molecule has 2 aromatic carbocycles. The minimum absolute atomic E-state index is 0.0256. The summed E-state index contributed by atoms with van der Waals surface area (Å²) >= 11 is 1.08. The lowest BCUT2D eigenvalue weighted by Crippen LogP contribution is -2.30. The van der Waals surface area contributed by atoms with E-state index in [0.29, 0.717) is 30.1 Å². The number of hydrogen-bond acceptors (Lipinski definition) is 6. The molecule has 1 N–H and O–H groups in total. The van der Waals surface area contributed by atoms with Crippen LogP contribution < -0.4 is 5.32 Å². The average Bonchev–Trinajstić information content (AvgIpc) is 3.40. The number of hydrogen-bond donors (Lipinski definition) is 1. The number of aromatic nitrogens is 2. The van der Waals surface area contributed by atoms with Gasteiger partial charge in [0, 0.05) is 12.2 Å². The zero-order chi connectivity index (χ0) is 21.3. The molecule has 1 aliphatic rings. The Labute approximate surface area is 177 Å². The zero-order valence-electron chi connectivity index (χ0n) is 16.1. The second-order valence-corrected chi connectivity index (χ2v) is 9.89. The van der Waals surface area contributed by atoms with Gasteiger partial charge < -0.3 is 5.32 Å². The smallest absolute Gasteiger partial charge is 0.286 e. The largest absolute Gasteiger partial charge is 0.320 e. The molecular formula is C20H19FN4O3S2. The summed E-state index contributed by atoms with van der Waals surface area (Å²) in [5, 5.41) is 11.4. The van der Waals surface area contributed by atoms with Crippen LogP contribution in [0.15, 0.2) is 53.4 Å². The van der Waals surface area contributed by atoms with E-state index in [0.717, 1.165) is 29.0 Å². The van der Waals surface area contributed by atoms with Crippen molar-refractivity contribution >= 4 is 33.0 Å². The molecule has 1 atom stereocenters. The minimum atomic E-state index is -3.81. The number of aryl methyl sites for hydroxylation is 1. The van der Waals surface area contributed by atoms with Crippen LogP contribution in [0.25, 0.3) is 0 Å². The van der Waals surface area contributed by atoms with E-state index in [1.807, 2.05) is 19.1 Å². The molecular weight excluding hydrogens is 427 g/mol. The molecule has 4 rings (SSSR count). The third kappa shape index (κ3) is 4.11. The summed E-state index contributed by atoms with van der Waals surface area (Å²) in [5.41, 5.74) is 1.72. The first-order valence-corrected chi connectivity index (χ1v) is 11.6. The predicted molar refractivity (Wildman–Crippen MR) is 111 cm³/mol. The Morgan fingerprint density at radius 3 is 2.53 bits per heavy atom. The van der Waals surface area contributed by atoms with Gasteiger partial charge in [-0.1, -0.05) is 29.0 Å². The number of rotatable bonds is 5. The highest BCUT2D eigenvalue weighted by Crippen LogP contribution is 2.37. The highest BCUT2D eigenvalue weighted by atomic mass is 32.2. The third-order valence-electron chi connectivity index (χ3n) is 4.85. The average molecular weight is 447 g/mol. The maximum Gasteiger partial charge on any atom is 0.286 e. The Kier molecular flexibility index (Phi) is 5.63. The van der Waals surface area contributed by atoms with Gasteiger partial charge in [0.15, 0.2) is 0 Å². The lowest BCUT2D eigenvalue weighted by molar-refractivity contribution is 0.102. The molecule has 1 unspecified atom stereocenters. The highest BCUT2D eigenvalue weighted by molar-refractivity contribution is 7.89. The first-order chi connectivity index (χ1) is 14.3. The minimum Gasteiger partial charge on any atom is -0.320 e. The van der Waals surface area contributed by atoms with Gasteiger partial charge in [-0.25, -0.2) is 12.8 Å². The van der Waals surface area contributed by atoms with Gasteiger partial charge in [0.2, 0.25) is 15.0 Å². The standard InChI is InChI=1S/C20H19FN4O3S2/c1-13-4-8-15(9-5-13)22-18(26)20-24-23-19(29-20)17-3-2-12-25(17)30(27,28)16-10-6-14(21)7-11-16/h4-11,17H,2-3,12H2,1H3,(H,22,26). The molecule has 30 heavy (non-hydrogen) atoms. The number of halogens is 1. The number of nitrogens with zero attached hydrogens (tertiary/aromatic N) is 3. The number of benzene rings is 2. The highest BCUT2D eigenvalue weighted by Gasteiger charge is 2.38. The first-order valence-electron chi connectivity index (χ1n) is 9.33. The molecule has 156 valence electrons. The fraction of sp³-hybridized carbons (Fsp3) is 0.250. The van der Waals surface area contributed by atoms with Crippen molar-refractivity contribution in [1.29, 1.82) is 0 Å². The lowest BCUT2D eigenvalue weighted by Gasteiger charge is -2.22. The van der Waals surface area contributed by atoms with Crippen molar-refractivity contribution in [2.24, 2.45) is 0 Å². The van der Waals surface area contributed by atoms with E-state index in [9.17, 15) is 17.6 Å². The van der Waals surface area contributed by atoms with Crippen LogP contribution in [-0.4, -0.2) is 35.4 Å². The maximum absolute atomic E-state index is 13.2. The quantitative estimate of drug-likeness (QED) is 0.644. The molecule has 1 amide bonds. The monoisotopic (exact) mass is 446 g/mol. The number of nitrogens with one attached hydrogen (secondary N) is 1. The van der Waals surface area contributed by atoms with Crippen LogP contribution in [0.2, 0.25) is 0 Å². The van der Waals surface area contributed by atoms with Crippen LogP contribution in [-0.2, 0) is 10.0 Å². The molecule has 1 fully saturated rings. The Morgan fingerprint density at radius 2 is 1.83 bits per heavy atom.